The highest BCUT2D eigenvalue weighted by atomic mass is 79.9. The van der Waals surface area contributed by atoms with Crippen LogP contribution in [0.4, 0.5) is 0 Å². The van der Waals surface area contributed by atoms with E-state index >= 15 is 0 Å². The van der Waals surface area contributed by atoms with Gasteiger partial charge in [-0.3, -0.25) is 0 Å². The molecule has 3 nitrogen and oxygen atoms in total. The first-order chi connectivity index (χ1) is 16.7. The highest BCUT2D eigenvalue weighted by molar-refractivity contribution is 9.09. The lowest BCUT2D eigenvalue weighted by molar-refractivity contribution is 0.0391. The summed E-state index contributed by atoms with van der Waals surface area (Å²) in [6.07, 6.45) is 2.99. The summed E-state index contributed by atoms with van der Waals surface area (Å²) in [6, 6.07) is 18.9. The van der Waals surface area contributed by atoms with Crippen LogP contribution < -0.4 is 0 Å². The summed E-state index contributed by atoms with van der Waals surface area (Å²) in [4.78, 5) is 25.4. The third-order valence-electron chi connectivity index (χ3n) is 8.29. The Balaban J connectivity index is 1.83. The molecule has 4 heteroatoms. The van der Waals surface area contributed by atoms with E-state index in [0.717, 1.165) is 46.7 Å². The van der Waals surface area contributed by atoms with Gasteiger partial charge in [-0.25, -0.2) is 9.59 Å². The molecule has 1 aliphatic heterocycles. The number of hydrogen-bond acceptors (Lipinski definition) is 3. The van der Waals surface area contributed by atoms with Crippen molar-refractivity contribution >= 4 is 49.4 Å². The fourth-order valence-electron chi connectivity index (χ4n) is 6.39. The minimum Gasteiger partial charge on any atom is -0.386 e. The van der Waals surface area contributed by atoms with E-state index in [1.807, 2.05) is 18.2 Å². The van der Waals surface area contributed by atoms with Gasteiger partial charge < -0.3 is 4.74 Å². The van der Waals surface area contributed by atoms with Crippen molar-refractivity contribution in [3.63, 3.8) is 0 Å². The Morgan fingerprint density at radius 1 is 0.800 bits per heavy atom. The zero-order valence-corrected chi connectivity index (χ0v) is 22.0. The van der Waals surface area contributed by atoms with Crippen LogP contribution in [0.2, 0.25) is 0 Å². The Hall–Kier alpha value is -2.98. The number of cyclic esters (lactones) is 2. The van der Waals surface area contributed by atoms with Crippen LogP contribution in [0.1, 0.15) is 84.4 Å². The lowest BCUT2D eigenvalue weighted by Crippen LogP contribution is -2.25. The van der Waals surface area contributed by atoms with Gasteiger partial charge in [0, 0.05) is 15.1 Å². The van der Waals surface area contributed by atoms with Crippen LogP contribution >= 0.6 is 15.9 Å². The fraction of sp³-hybridized carbons (Fsp3) is 0.290. The summed E-state index contributed by atoms with van der Waals surface area (Å²) in [5.41, 5.74) is 6.57. The number of rotatable bonds is 4. The van der Waals surface area contributed by atoms with Gasteiger partial charge in [-0.05, 0) is 75.9 Å². The number of benzene rings is 4. The predicted molar refractivity (Wildman–Crippen MR) is 145 cm³/mol. The van der Waals surface area contributed by atoms with Crippen molar-refractivity contribution in [2.75, 3.05) is 0 Å². The molecule has 0 bridgehead atoms. The molecule has 0 amide bonds. The molecule has 1 heterocycles. The van der Waals surface area contributed by atoms with Gasteiger partial charge >= 0.3 is 11.9 Å². The zero-order chi connectivity index (χ0) is 24.7. The molecular weight excluding hydrogens is 500 g/mol. The maximum absolute atomic E-state index is 12.7. The number of halogens is 1. The van der Waals surface area contributed by atoms with Crippen LogP contribution in [-0.2, 0) is 14.5 Å². The van der Waals surface area contributed by atoms with Crippen molar-refractivity contribution in [1.82, 2.24) is 0 Å². The van der Waals surface area contributed by atoms with Gasteiger partial charge in [-0.1, -0.05) is 85.6 Å². The molecule has 2 atom stereocenters. The van der Waals surface area contributed by atoms with Crippen LogP contribution in [0.5, 0.6) is 0 Å². The highest BCUT2D eigenvalue weighted by Crippen LogP contribution is 2.53. The van der Waals surface area contributed by atoms with Crippen LogP contribution in [0.15, 0.2) is 54.6 Å². The van der Waals surface area contributed by atoms with Crippen LogP contribution in [0.25, 0.3) is 32.7 Å². The Kier molecular flexibility index (Phi) is 4.82. The Morgan fingerprint density at radius 3 is 2.09 bits per heavy atom. The first-order valence-electron chi connectivity index (χ1n) is 12.4. The zero-order valence-electron chi connectivity index (χ0n) is 20.4. The molecule has 0 fully saturated rings. The van der Waals surface area contributed by atoms with Gasteiger partial charge in [0.25, 0.3) is 0 Å². The van der Waals surface area contributed by atoms with Gasteiger partial charge in [0.15, 0.2) is 0 Å². The molecule has 35 heavy (non-hydrogen) atoms. The van der Waals surface area contributed by atoms with E-state index in [4.69, 9.17) is 4.74 Å². The van der Waals surface area contributed by atoms with Crippen molar-refractivity contribution in [2.45, 2.75) is 56.7 Å². The topological polar surface area (TPSA) is 43.4 Å². The van der Waals surface area contributed by atoms with E-state index in [9.17, 15) is 9.59 Å². The minimum absolute atomic E-state index is 0.135. The molecule has 6 rings (SSSR count). The van der Waals surface area contributed by atoms with E-state index in [2.05, 4.69) is 80.0 Å². The fourth-order valence-corrected chi connectivity index (χ4v) is 7.13. The molecule has 176 valence electrons. The number of fused-ring (bicyclic) bond motifs is 1. The van der Waals surface area contributed by atoms with Crippen molar-refractivity contribution in [3.8, 4) is 11.1 Å². The van der Waals surface area contributed by atoms with Crippen molar-refractivity contribution < 1.29 is 14.3 Å². The quantitative estimate of drug-likeness (QED) is 0.152. The maximum atomic E-state index is 12.7. The summed E-state index contributed by atoms with van der Waals surface area (Å²) in [5, 5.41) is 4.23. The van der Waals surface area contributed by atoms with Gasteiger partial charge in [0.2, 0.25) is 0 Å². The van der Waals surface area contributed by atoms with Crippen molar-refractivity contribution in [1.29, 1.82) is 0 Å². The van der Waals surface area contributed by atoms with Crippen LogP contribution in [0, 0.1) is 0 Å². The van der Waals surface area contributed by atoms with E-state index in [0.29, 0.717) is 11.1 Å². The van der Waals surface area contributed by atoms with Crippen molar-refractivity contribution in [3.05, 3.63) is 82.4 Å². The summed E-state index contributed by atoms with van der Waals surface area (Å²) in [5.74, 6) is -1.14. The molecule has 2 aliphatic rings. The molecule has 1 aliphatic carbocycles. The minimum atomic E-state index is -0.568. The second-order valence-electron chi connectivity index (χ2n) is 10.3. The lowest BCUT2D eigenvalue weighted by atomic mass is 9.71. The van der Waals surface area contributed by atoms with Gasteiger partial charge in [0.1, 0.15) is 0 Å². The standard InChI is InChI=1S/C31H27BrO3/c1-5-16-31(4,32)22-14-12-17-18-10-11-20-26-21(29(34)35-28(20)33)13-15-24(27(18)26)30(3,6-2)23-9-7-8-19(22)25(17)23/h7-15H,5-6,16H2,1-4H3. The SMILES string of the molecule is CCCC(C)(Br)c1ccc2c3c(cccc13)C(C)(CC)c1ccc3c4c(ccc-2c14)C(=O)OC3=O. The highest BCUT2D eigenvalue weighted by Gasteiger charge is 2.39. The largest absolute Gasteiger partial charge is 0.386 e. The van der Waals surface area contributed by atoms with Gasteiger partial charge in [-0.2, -0.15) is 0 Å². The molecule has 0 radical (unpaired) electrons. The van der Waals surface area contributed by atoms with Crippen LogP contribution in [-0.4, -0.2) is 11.9 Å². The molecule has 0 saturated carbocycles. The second-order valence-corrected chi connectivity index (χ2v) is 12.0. The molecule has 0 saturated heterocycles. The number of alkyl halides is 1. The van der Waals surface area contributed by atoms with E-state index < -0.39 is 11.9 Å². The summed E-state index contributed by atoms with van der Waals surface area (Å²) in [6.45, 7) is 8.98. The molecule has 0 aromatic heterocycles. The monoisotopic (exact) mass is 526 g/mol. The van der Waals surface area contributed by atoms with E-state index in [1.165, 1.54) is 21.9 Å². The molecular formula is C31H27BrO3. The summed E-state index contributed by atoms with van der Waals surface area (Å²) < 4.78 is 4.92. The summed E-state index contributed by atoms with van der Waals surface area (Å²) >= 11 is 4.04. The predicted octanol–water partition coefficient (Wildman–Crippen LogP) is 8.41. The molecule has 0 N–H and O–H groups in total. The number of carbonyl (C=O) groups is 2. The number of carbonyl (C=O) groups excluding carboxylic acids is 2. The molecule has 4 aromatic carbocycles. The number of esters is 2. The Morgan fingerprint density at radius 2 is 1.40 bits per heavy atom. The molecule has 2 unspecified atom stereocenters. The van der Waals surface area contributed by atoms with E-state index in [-0.39, 0.29) is 9.74 Å². The lowest BCUT2D eigenvalue weighted by Gasteiger charge is -2.32. The first-order valence-corrected chi connectivity index (χ1v) is 13.1. The van der Waals surface area contributed by atoms with E-state index in [1.54, 1.807) is 0 Å². The van der Waals surface area contributed by atoms with Gasteiger partial charge in [0.05, 0.1) is 11.1 Å². The Bertz CT molecular complexity index is 1580. The summed E-state index contributed by atoms with van der Waals surface area (Å²) in [7, 11) is 0. The average molecular weight is 527 g/mol. The molecule has 0 spiro atoms. The molecule has 4 aromatic rings. The van der Waals surface area contributed by atoms with Gasteiger partial charge in [-0.15, -0.1) is 0 Å². The van der Waals surface area contributed by atoms with Crippen LogP contribution in [0.3, 0.4) is 0 Å². The first kappa shape index (κ1) is 22.5. The third-order valence-corrected chi connectivity index (χ3v) is 9.12. The number of ether oxygens (including phenoxy) is 1. The maximum Gasteiger partial charge on any atom is 0.346 e. The second kappa shape index (κ2) is 7.51. The van der Waals surface area contributed by atoms with Crippen molar-refractivity contribution in [2.24, 2.45) is 0 Å². The Labute approximate surface area is 213 Å². The normalized spacial score (nSPS) is 20.0. The average Bonchev–Trinajstić information content (AvgIpc) is 2.93. The number of hydrogen-bond donors (Lipinski definition) is 0. The third kappa shape index (κ3) is 2.89. The smallest absolute Gasteiger partial charge is 0.346 e.